The van der Waals surface area contributed by atoms with Crippen molar-refractivity contribution < 1.29 is 10.2 Å². The van der Waals surface area contributed by atoms with Crippen molar-refractivity contribution in [1.82, 2.24) is 19.9 Å². The molecule has 3 heterocycles. The molecule has 0 bridgehead atoms. The van der Waals surface area contributed by atoms with Crippen molar-refractivity contribution >= 4 is 23.5 Å². The van der Waals surface area contributed by atoms with E-state index in [9.17, 15) is 10.2 Å². The van der Waals surface area contributed by atoms with E-state index in [0.29, 0.717) is 16.9 Å². The minimum absolute atomic E-state index is 0.311. The summed E-state index contributed by atoms with van der Waals surface area (Å²) in [5.41, 5.74) is 3.82. The molecule has 30 heavy (non-hydrogen) atoms. The summed E-state index contributed by atoms with van der Waals surface area (Å²) >= 11 is 6.09. The van der Waals surface area contributed by atoms with Gasteiger partial charge in [0.1, 0.15) is 6.17 Å². The highest BCUT2D eigenvalue weighted by Crippen LogP contribution is 2.40. The Morgan fingerprint density at radius 1 is 0.700 bits per heavy atom. The Balaban J connectivity index is 1.91. The van der Waals surface area contributed by atoms with E-state index < -0.39 is 18.6 Å². The summed E-state index contributed by atoms with van der Waals surface area (Å²) in [6, 6.07) is 10.9. The predicted molar refractivity (Wildman–Crippen MR) is 114 cm³/mol. The average Bonchev–Trinajstić information content (AvgIpc) is 2.92. The van der Waals surface area contributed by atoms with Crippen LogP contribution in [0.4, 0.5) is 11.9 Å². The molecule has 0 aliphatic carbocycles. The second-order valence-electron chi connectivity index (χ2n) is 7.47. The van der Waals surface area contributed by atoms with Crippen LogP contribution in [0.1, 0.15) is 34.5 Å². The zero-order valence-corrected chi connectivity index (χ0v) is 17.9. The lowest BCUT2D eigenvalue weighted by atomic mass is 10.1. The Kier molecular flexibility index (Phi) is 5.31. The molecule has 0 spiro atoms. The number of aromatic nitrogens is 4. The summed E-state index contributed by atoms with van der Waals surface area (Å²) in [6.45, 7) is 7.44. The van der Waals surface area contributed by atoms with Gasteiger partial charge < -0.3 is 10.2 Å². The van der Waals surface area contributed by atoms with Crippen LogP contribution in [0.2, 0.25) is 5.02 Å². The summed E-state index contributed by atoms with van der Waals surface area (Å²) in [5, 5.41) is 22.6. The van der Waals surface area contributed by atoms with Crippen molar-refractivity contribution in [3.63, 3.8) is 0 Å². The molecule has 0 saturated carbocycles. The quantitative estimate of drug-likeness (QED) is 0.659. The zero-order chi connectivity index (χ0) is 21.6. The minimum Gasteiger partial charge on any atom is -0.369 e. The molecule has 1 saturated heterocycles. The van der Waals surface area contributed by atoms with Gasteiger partial charge in [-0.05, 0) is 57.5 Å². The van der Waals surface area contributed by atoms with Crippen LogP contribution in [-0.4, -0.2) is 42.6 Å². The number of aliphatic hydroxyl groups is 2. The van der Waals surface area contributed by atoms with Gasteiger partial charge >= 0.3 is 0 Å². The number of anilines is 2. The highest BCUT2D eigenvalue weighted by molar-refractivity contribution is 6.30. The number of nitrogens with zero attached hydrogens (tertiary/aromatic N) is 6. The maximum absolute atomic E-state index is 11.0. The molecular weight excluding hydrogens is 404 g/mol. The van der Waals surface area contributed by atoms with Crippen LogP contribution in [0.5, 0.6) is 0 Å². The smallest absolute Gasteiger partial charge is 0.229 e. The zero-order valence-electron chi connectivity index (χ0n) is 17.2. The number of hydrogen-bond donors (Lipinski definition) is 2. The topological polar surface area (TPSA) is 98.5 Å². The van der Waals surface area contributed by atoms with Gasteiger partial charge in [-0.25, -0.2) is 19.9 Å². The van der Waals surface area contributed by atoms with E-state index in [1.165, 1.54) is 0 Å². The lowest BCUT2D eigenvalue weighted by Gasteiger charge is -2.31. The third kappa shape index (κ3) is 3.69. The average molecular weight is 427 g/mol. The number of benzene rings is 1. The van der Waals surface area contributed by atoms with Crippen LogP contribution in [0.3, 0.4) is 0 Å². The first kappa shape index (κ1) is 20.5. The Hall–Kier alpha value is -2.81. The summed E-state index contributed by atoms with van der Waals surface area (Å²) < 4.78 is 0. The third-order valence-electron chi connectivity index (χ3n) is 4.93. The van der Waals surface area contributed by atoms with Crippen LogP contribution < -0.4 is 9.80 Å². The fraction of sp³-hybridized carbons (Fsp3) is 0.333. The van der Waals surface area contributed by atoms with Gasteiger partial charge in [0.2, 0.25) is 11.9 Å². The molecule has 9 heteroatoms. The van der Waals surface area contributed by atoms with Gasteiger partial charge in [0.25, 0.3) is 0 Å². The van der Waals surface area contributed by atoms with E-state index in [4.69, 9.17) is 11.6 Å². The van der Waals surface area contributed by atoms with Crippen LogP contribution in [-0.2, 0) is 0 Å². The number of hydrogen-bond acceptors (Lipinski definition) is 8. The summed E-state index contributed by atoms with van der Waals surface area (Å²) in [7, 11) is 0. The van der Waals surface area contributed by atoms with Gasteiger partial charge in [0.15, 0.2) is 12.5 Å². The van der Waals surface area contributed by atoms with Crippen molar-refractivity contribution in [2.45, 2.75) is 46.3 Å². The van der Waals surface area contributed by atoms with E-state index >= 15 is 0 Å². The Labute approximate surface area is 179 Å². The summed E-state index contributed by atoms with van der Waals surface area (Å²) in [6.07, 6.45) is -3.23. The molecular formula is C21H23ClN6O2. The highest BCUT2D eigenvalue weighted by atomic mass is 35.5. The first-order valence-electron chi connectivity index (χ1n) is 9.57. The Bertz CT molecular complexity index is 974. The number of halogens is 1. The van der Waals surface area contributed by atoms with Crippen LogP contribution in [0.15, 0.2) is 36.4 Å². The molecule has 0 unspecified atom stereocenters. The van der Waals surface area contributed by atoms with Crippen LogP contribution in [0.25, 0.3) is 0 Å². The number of rotatable bonds is 3. The number of aryl methyl sites for hydroxylation is 4. The van der Waals surface area contributed by atoms with E-state index in [1.54, 1.807) is 21.9 Å². The molecule has 0 amide bonds. The van der Waals surface area contributed by atoms with Gasteiger partial charge in [-0.3, -0.25) is 9.80 Å². The summed E-state index contributed by atoms with van der Waals surface area (Å²) in [5.74, 6) is 0.622. The van der Waals surface area contributed by atoms with E-state index in [0.717, 1.165) is 28.3 Å². The molecule has 1 aromatic carbocycles. The monoisotopic (exact) mass is 426 g/mol. The lowest BCUT2D eigenvalue weighted by Crippen LogP contribution is -2.38. The van der Waals surface area contributed by atoms with Gasteiger partial charge in [0, 0.05) is 27.8 Å². The van der Waals surface area contributed by atoms with Gasteiger partial charge in [-0.1, -0.05) is 23.7 Å². The second kappa shape index (κ2) is 7.79. The van der Waals surface area contributed by atoms with Crippen molar-refractivity contribution in [1.29, 1.82) is 0 Å². The molecule has 4 rings (SSSR count). The highest BCUT2D eigenvalue weighted by Gasteiger charge is 2.49. The Morgan fingerprint density at radius 2 is 1.07 bits per heavy atom. The van der Waals surface area contributed by atoms with Crippen molar-refractivity contribution in [3.8, 4) is 0 Å². The molecule has 1 aliphatic rings. The second-order valence-corrected chi connectivity index (χ2v) is 7.90. The molecule has 3 aromatic rings. The molecule has 2 atom stereocenters. The van der Waals surface area contributed by atoms with E-state index in [-0.39, 0.29) is 0 Å². The molecule has 1 fully saturated rings. The predicted octanol–water partition coefficient (Wildman–Crippen LogP) is 2.82. The lowest BCUT2D eigenvalue weighted by molar-refractivity contribution is 0.0447. The molecule has 2 aromatic heterocycles. The standard InChI is InChI=1S/C21H23ClN6O2/c1-11-9-12(2)24-20(23-11)27-17(15-5-7-16(22)8-6-15)28(19(30)18(27)29)21-25-13(3)10-14(4)26-21/h5-10,17-19,29-30H,1-4H3/t18-,19-/m1/s1. The molecule has 156 valence electrons. The minimum atomic E-state index is -1.30. The fourth-order valence-electron chi connectivity index (χ4n) is 3.77. The molecule has 0 radical (unpaired) electrons. The first-order chi connectivity index (χ1) is 14.2. The fourth-order valence-corrected chi connectivity index (χ4v) is 3.89. The largest absolute Gasteiger partial charge is 0.369 e. The van der Waals surface area contributed by atoms with Gasteiger partial charge in [-0.15, -0.1) is 0 Å². The maximum Gasteiger partial charge on any atom is 0.229 e. The van der Waals surface area contributed by atoms with Crippen molar-refractivity contribution in [2.24, 2.45) is 0 Å². The third-order valence-corrected chi connectivity index (χ3v) is 5.19. The normalized spacial score (nSPS) is 19.6. The van der Waals surface area contributed by atoms with Gasteiger partial charge in [0.05, 0.1) is 0 Å². The number of aliphatic hydroxyl groups excluding tert-OH is 2. The molecule has 1 aliphatic heterocycles. The Morgan fingerprint density at radius 3 is 1.43 bits per heavy atom. The first-order valence-corrected chi connectivity index (χ1v) is 9.95. The van der Waals surface area contributed by atoms with Crippen LogP contribution in [0, 0.1) is 27.7 Å². The van der Waals surface area contributed by atoms with Crippen LogP contribution >= 0.6 is 11.6 Å². The SMILES string of the molecule is Cc1cc(C)nc(N2C(c3ccc(Cl)cc3)N(c3nc(C)cc(C)n3)[C@H](O)[C@H]2O)n1. The molecule has 2 N–H and O–H groups in total. The van der Waals surface area contributed by atoms with Gasteiger partial charge in [-0.2, -0.15) is 0 Å². The van der Waals surface area contributed by atoms with E-state index in [1.807, 2.05) is 52.0 Å². The maximum atomic E-state index is 11.0. The van der Waals surface area contributed by atoms with E-state index in [2.05, 4.69) is 19.9 Å². The summed E-state index contributed by atoms with van der Waals surface area (Å²) in [4.78, 5) is 21.2. The van der Waals surface area contributed by atoms with Crippen molar-refractivity contribution in [3.05, 3.63) is 69.8 Å². The molecule has 8 nitrogen and oxygen atoms in total. The van der Waals surface area contributed by atoms with Crippen molar-refractivity contribution in [2.75, 3.05) is 9.80 Å².